The molecule has 0 spiro atoms. The molecular formula is C51H46BBrCl3FN12O8. The van der Waals surface area contributed by atoms with Gasteiger partial charge in [0.2, 0.25) is 5.95 Å². The van der Waals surface area contributed by atoms with Crippen LogP contribution in [0.15, 0.2) is 121 Å². The minimum atomic E-state index is -1.62. The van der Waals surface area contributed by atoms with Gasteiger partial charge < -0.3 is 54.9 Å². The van der Waals surface area contributed by atoms with Crippen LogP contribution in [0.3, 0.4) is 0 Å². The van der Waals surface area contributed by atoms with Crippen molar-refractivity contribution < 1.29 is 42.9 Å². The van der Waals surface area contributed by atoms with E-state index in [-0.39, 0.29) is 10.5 Å². The van der Waals surface area contributed by atoms with Crippen molar-refractivity contribution in [2.75, 3.05) is 54.1 Å². The summed E-state index contributed by atoms with van der Waals surface area (Å²) in [6.45, 7) is 0. The van der Waals surface area contributed by atoms with E-state index in [0.717, 1.165) is 44.1 Å². The minimum Gasteiger partial charge on any atom is -0.493 e. The third kappa shape index (κ3) is 12.3. The van der Waals surface area contributed by atoms with Crippen molar-refractivity contribution >= 4 is 103 Å². The summed E-state index contributed by atoms with van der Waals surface area (Å²) in [5.41, 5.74) is 18.7. The van der Waals surface area contributed by atoms with Crippen LogP contribution in [0.4, 0.5) is 16.0 Å². The molecule has 0 bridgehead atoms. The molecule has 0 aliphatic carbocycles. The largest absolute Gasteiger partial charge is 0.493 e. The molecule has 0 saturated carbocycles. The number of benzene rings is 3. The Bertz CT molecular complexity index is 3900. The molecule has 0 saturated heterocycles. The van der Waals surface area contributed by atoms with Crippen LogP contribution < -0.4 is 45.4 Å². The highest BCUT2D eigenvalue weighted by Crippen LogP contribution is 2.40. The number of nitrogen functional groups attached to an aromatic ring is 2. The minimum absolute atomic E-state index is 0.185. The van der Waals surface area contributed by atoms with Crippen LogP contribution in [0.25, 0.3) is 50.6 Å². The number of imidazole rings is 4. The lowest BCUT2D eigenvalue weighted by Gasteiger charge is -2.13. The number of aromatic nitrogens is 10. The lowest BCUT2D eigenvalue weighted by Crippen LogP contribution is -2.30. The topological polar surface area (TPSA) is 254 Å². The fourth-order valence-electron chi connectivity index (χ4n) is 7.84. The second kappa shape index (κ2) is 24.3. The van der Waals surface area contributed by atoms with Gasteiger partial charge in [0.1, 0.15) is 28.8 Å². The van der Waals surface area contributed by atoms with Crippen LogP contribution in [0.5, 0.6) is 34.5 Å². The summed E-state index contributed by atoms with van der Waals surface area (Å²) in [6, 6.07) is 24.4. The van der Waals surface area contributed by atoms with Gasteiger partial charge in [-0.2, -0.15) is 9.37 Å². The number of H-pyrrole nitrogens is 1. The predicted molar refractivity (Wildman–Crippen MR) is 298 cm³/mol. The standard InChI is InChI=1S/C22H17ClFN5O2.C14H13ClN4O2.C8H10BClO4.C7H6BrN3/c1-30-17-9-13(14(23)10-18(17)31-2)16-4-3-5-21-25-12(11-29(16)21)8-20-26-15-6-7-19(24)27-22(15)28-20;1-20-11-3-8(9(15)4-12(11)21-2)10-5-17-6-14-18-13(16)7-19(10)14;1-13-7-3-5(9(11)12)6(10)4-8(7)14-2;8-5-2-1-3-7-10-6(9)4-11(5)7/h3-7,9-11H,8H2,1-2H3,(H,26,27,28);3-7H,16H2,1-2H3;3-4,11-12H,1-2H3;1-4H,9H2. The summed E-state index contributed by atoms with van der Waals surface area (Å²) in [5, 5.41) is 19.2. The molecule has 0 fully saturated rings. The summed E-state index contributed by atoms with van der Waals surface area (Å²) >= 11 is 22.0. The highest BCUT2D eigenvalue weighted by Gasteiger charge is 2.20. The molecule has 77 heavy (non-hydrogen) atoms. The van der Waals surface area contributed by atoms with Gasteiger partial charge in [-0.25, -0.2) is 19.9 Å². The number of methoxy groups -OCH3 is 6. The number of nitrogens with two attached hydrogens (primary N) is 2. The Morgan fingerprint density at radius 2 is 1.10 bits per heavy atom. The van der Waals surface area contributed by atoms with Crippen molar-refractivity contribution in [1.82, 2.24) is 48.1 Å². The van der Waals surface area contributed by atoms with Gasteiger partial charge in [0.25, 0.3) is 0 Å². The van der Waals surface area contributed by atoms with E-state index in [1.54, 1.807) is 77.5 Å². The van der Waals surface area contributed by atoms with Crippen LogP contribution in [-0.2, 0) is 6.42 Å². The number of anilines is 2. The summed E-state index contributed by atoms with van der Waals surface area (Å²) in [6.07, 6.45) is 9.20. The number of fused-ring (bicyclic) bond motifs is 4. The maximum atomic E-state index is 13.3. The van der Waals surface area contributed by atoms with Crippen molar-refractivity contribution in [3.8, 4) is 57.0 Å². The van der Waals surface area contributed by atoms with Crippen LogP contribution >= 0.6 is 50.7 Å². The number of nitrogens with one attached hydrogen (secondary N) is 1. The maximum Gasteiger partial charge on any atom is 0.490 e. The van der Waals surface area contributed by atoms with E-state index in [0.29, 0.717) is 85.2 Å². The molecule has 8 heterocycles. The maximum absolute atomic E-state index is 13.3. The van der Waals surface area contributed by atoms with Crippen molar-refractivity contribution in [2.45, 2.75) is 6.42 Å². The summed E-state index contributed by atoms with van der Waals surface area (Å²) in [4.78, 5) is 28.5. The van der Waals surface area contributed by atoms with Gasteiger partial charge in [-0.1, -0.05) is 46.9 Å². The summed E-state index contributed by atoms with van der Waals surface area (Å²) in [7, 11) is 7.60. The average Bonchev–Trinajstić information content (AvgIpc) is 4.23. The molecule has 8 aromatic heterocycles. The molecular weight excluding hydrogens is 1120 g/mol. The normalized spacial score (nSPS) is 10.8. The summed E-state index contributed by atoms with van der Waals surface area (Å²) in [5.74, 6) is 4.20. The lowest BCUT2D eigenvalue weighted by atomic mass is 9.80. The van der Waals surface area contributed by atoms with Gasteiger partial charge in [-0.3, -0.25) is 18.2 Å². The van der Waals surface area contributed by atoms with Crippen LogP contribution in [-0.4, -0.2) is 108 Å². The van der Waals surface area contributed by atoms with E-state index in [9.17, 15) is 4.39 Å². The van der Waals surface area contributed by atoms with Gasteiger partial charge in [-0.15, -0.1) is 0 Å². The Balaban J connectivity index is 0.000000147. The molecule has 396 valence electrons. The molecule has 0 radical (unpaired) electrons. The zero-order chi connectivity index (χ0) is 55.1. The second-order valence-corrected chi connectivity index (χ2v) is 18.2. The van der Waals surface area contributed by atoms with Crippen molar-refractivity contribution in [1.29, 1.82) is 0 Å². The molecule has 0 amide bonds. The molecule has 0 unspecified atom stereocenters. The van der Waals surface area contributed by atoms with Gasteiger partial charge in [0.05, 0.1) is 105 Å². The van der Waals surface area contributed by atoms with Crippen LogP contribution in [0.1, 0.15) is 11.5 Å². The van der Waals surface area contributed by atoms with Gasteiger partial charge in [-0.05, 0) is 70.5 Å². The van der Waals surface area contributed by atoms with Gasteiger partial charge in [0, 0.05) is 52.4 Å². The molecule has 3 aromatic carbocycles. The van der Waals surface area contributed by atoms with E-state index in [1.165, 1.54) is 32.4 Å². The quantitative estimate of drug-likeness (QED) is 0.0598. The first-order valence-electron chi connectivity index (χ1n) is 22.6. The fraction of sp³-hybridized carbons (Fsp3) is 0.137. The molecule has 0 aliphatic rings. The Morgan fingerprint density at radius 1 is 0.584 bits per heavy atom. The SMILES string of the molecule is COc1cc(Cl)c(-c2cccc3nc(Cc4nc5nc(F)ccc5[nH]4)cn23)cc1OC.COc1cc(Cl)c(-c2cncc3nc(N)cn23)cc1OC.COc1cc(Cl)c(B(O)O)cc1OC.Nc1cn2c(Br)cccc2n1. The van der Waals surface area contributed by atoms with E-state index in [2.05, 4.69) is 45.8 Å². The van der Waals surface area contributed by atoms with E-state index in [4.69, 9.17) is 89.7 Å². The highest BCUT2D eigenvalue weighted by molar-refractivity contribution is 9.10. The Kier molecular flexibility index (Phi) is 17.4. The van der Waals surface area contributed by atoms with Crippen LogP contribution in [0, 0.1) is 5.95 Å². The number of hydrogen-bond donors (Lipinski definition) is 5. The Labute approximate surface area is 462 Å². The second-order valence-electron chi connectivity index (χ2n) is 16.1. The number of rotatable bonds is 11. The lowest BCUT2D eigenvalue weighted by molar-refractivity contribution is 0.355. The zero-order valence-electron chi connectivity index (χ0n) is 41.7. The van der Waals surface area contributed by atoms with E-state index >= 15 is 0 Å². The molecule has 11 aromatic rings. The van der Waals surface area contributed by atoms with Gasteiger partial charge >= 0.3 is 7.12 Å². The number of halogens is 5. The predicted octanol–water partition coefficient (Wildman–Crippen LogP) is 9.04. The molecule has 0 aliphatic heterocycles. The van der Waals surface area contributed by atoms with Crippen molar-refractivity contribution in [3.05, 3.63) is 153 Å². The number of pyridine rings is 3. The molecule has 7 N–H and O–H groups in total. The first-order chi connectivity index (χ1) is 37.1. The summed E-state index contributed by atoms with van der Waals surface area (Å²) < 4.78 is 51.2. The number of aromatic amines is 1. The molecule has 20 nitrogen and oxygen atoms in total. The Hall–Kier alpha value is -8.06. The fourth-order valence-corrected chi connectivity index (χ4v) is 9.03. The first kappa shape index (κ1) is 55.2. The van der Waals surface area contributed by atoms with E-state index < -0.39 is 13.1 Å². The number of ether oxygens (including phenoxy) is 6. The smallest absolute Gasteiger partial charge is 0.490 e. The third-order valence-corrected chi connectivity index (χ3v) is 13.0. The number of nitrogens with zero attached hydrogens (tertiary/aromatic N) is 9. The molecule has 11 rings (SSSR count). The van der Waals surface area contributed by atoms with Gasteiger partial charge in [0.15, 0.2) is 45.8 Å². The zero-order valence-corrected chi connectivity index (χ0v) is 45.5. The average molecular weight is 1170 g/mol. The molecule has 26 heteroatoms. The monoisotopic (exact) mass is 1170 g/mol. The first-order valence-corrected chi connectivity index (χ1v) is 24.6. The Morgan fingerprint density at radius 3 is 1.70 bits per heavy atom. The highest BCUT2D eigenvalue weighted by atomic mass is 79.9. The third-order valence-electron chi connectivity index (χ3n) is 11.4. The molecule has 0 atom stereocenters. The van der Waals surface area contributed by atoms with Crippen molar-refractivity contribution in [2.24, 2.45) is 0 Å². The van der Waals surface area contributed by atoms with Crippen molar-refractivity contribution in [3.63, 3.8) is 0 Å². The van der Waals surface area contributed by atoms with E-state index in [1.807, 2.05) is 61.9 Å². The number of hydrogen-bond acceptors (Lipinski definition) is 16. The van der Waals surface area contributed by atoms with Crippen LogP contribution in [0.2, 0.25) is 15.1 Å².